The van der Waals surface area contributed by atoms with Gasteiger partial charge in [-0.3, -0.25) is 4.79 Å². The summed E-state index contributed by atoms with van der Waals surface area (Å²) in [5, 5.41) is 0. The van der Waals surface area contributed by atoms with E-state index in [4.69, 9.17) is 14.2 Å². The lowest BCUT2D eigenvalue weighted by Crippen LogP contribution is -2.30. The van der Waals surface area contributed by atoms with Crippen molar-refractivity contribution in [2.45, 2.75) is 25.9 Å². The van der Waals surface area contributed by atoms with Gasteiger partial charge in [0.05, 0.1) is 11.3 Å². The Morgan fingerprint density at radius 1 is 0.846 bits per heavy atom. The predicted octanol–water partition coefficient (Wildman–Crippen LogP) is 3.67. The first-order chi connectivity index (χ1) is 12.7. The number of rotatable bonds is 1. The fourth-order valence-electron chi connectivity index (χ4n) is 3.83. The summed E-state index contributed by atoms with van der Waals surface area (Å²) >= 11 is 0. The Bertz CT molecular complexity index is 905. The zero-order valence-electron chi connectivity index (χ0n) is 14.2. The second-order valence-electron chi connectivity index (χ2n) is 6.83. The molecule has 134 valence electrons. The van der Waals surface area contributed by atoms with Gasteiger partial charge in [0.2, 0.25) is 6.79 Å². The fourth-order valence-corrected chi connectivity index (χ4v) is 3.83. The van der Waals surface area contributed by atoms with Gasteiger partial charge in [0.25, 0.3) is 0 Å². The van der Waals surface area contributed by atoms with Gasteiger partial charge in [-0.1, -0.05) is 0 Å². The van der Waals surface area contributed by atoms with Crippen molar-refractivity contribution >= 4 is 11.5 Å². The molecule has 5 rings (SSSR count). The van der Waals surface area contributed by atoms with Gasteiger partial charge in [-0.2, -0.15) is 0 Å². The normalized spacial score (nSPS) is 18.0. The number of ketones is 1. The van der Waals surface area contributed by atoms with Crippen molar-refractivity contribution in [1.29, 1.82) is 0 Å². The average Bonchev–Trinajstić information content (AvgIpc) is 3.08. The number of fused-ring (bicyclic) bond motifs is 3. The van der Waals surface area contributed by atoms with E-state index in [0.717, 1.165) is 25.9 Å². The summed E-state index contributed by atoms with van der Waals surface area (Å²) in [7, 11) is 0. The van der Waals surface area contributed by atoms with E-state index in [-0.39, 0.29) is 25.0 Å². The van der Waals surface area contributed by atoms with Crippen LogP contribution in [0.25, 0.3) is 0 Å². The fraction of sp³-hybridized carbons (Fsp3) is 0.350. The molecule has 3 heterocycles. The molecule has 0 bridgehead atoms. The zero-order valence-corrected chi connectivity index (χ0v) is 14.2. The Morgan fingerprint density at radius 3 is 2.42 bits per heavy atom. The van der Waals surface area contributed by atoms with Crippen LogP contribution >= 0.6 is 0 Å². The number of nitrogens with zero attached hydrogens (tertiary/aromatic N) is 1. The lowest BCUT2D eigenvalue weighted by molar-refractivity contribution is 0.103. The minimum absolute atomic E-state index is 0.122. The molecule has 1 fully saturated rings. The number of anilines is 1. The molecule has 5 nitrogen and oxygen atoms in total. The van der Waals surface area contributed by atoms with Gasteiger partial charge in [0, 0.05) is 30.3 Å². The number of benzene rings is 2. The molecule has 3 aliphatic rings. The van der Waals surface area contributed by atoms with E-state index in [1.54, 1.807) is 18.2 Å². The van der Waals surface area contributed by atoms with Crippen LogP contribution in [-0.4, -0.2) is 25.7 Å². The molecule has 0 spiro atoms. The van der Waals surface area contributed by atoms with Crippen molar-refractivity contribution in [1.82, 2.24) is 0 Å². The van der Waals surface area contributed by atoms with Crippen LogP contribution in [0.5, 0.6) is 17.2 Å². The predicted molar refractivity (Wildman–Crippen MR) is 92.8 cm³/mol. The Kier molecular flexibility index (Phi) is 3.51. The minimum Gasteiger partial charge on any atom is -0.488 e. The van der Waals surface area contributed by atoms with Gasteiger partial charge < -0.3 is 19.1 Å². The van der Waals surface area contributed by atoms with Crippen molar-refractivity contribution in [2.75, 3.05) is 24.8 Å². The quantitative estimate of drug-likeness (QED) is 0.781. The minimum atomic E-state index is -0.358. The Labute approximate surface area is 150 Å². The SMILES string of the molecule is O=C1c2cc(F)c(N3CCCCC3)cc2COc2cc3c(cc21)OCO3. The van der Waals surface area contributed by atoms with E-state index in [9.17, 15) is 9.18 Å². The number of carbonyl (C=O) groups is 1. The van der Waals surface area contributed by atoms with E-state index in [2.05, 4.69) is 4.90 Å². The third-order valence-corrected chi connectivity index (χ3v) is 5.22. The Morgan fingerprint density at radius 2 is 1.62 bits per heavy atom. The molecular weight excluding hydrogens is 337 g/mol. The van der Waals surface area contributed by atoms with Crippen LogP contribution in [0.3, 0.4) is 0 Å². The van der Waals surface area contributed by atoms with Crippen LogP contribution < -0.4 is 19.1 Å². The molecule has 26 heavy (non-hydrogen) atoms. The standard InChI is InChI=1S/C20H18FNO4/c21-15-7-13-12(6-16(15)22-4-2-1-3-5-22)10-24-17-9-19-18(25-11-26-19)8-14(17)20(13)23/h6-9H,1-5,10-11H2. The molecule has 1 saturated heterocycles. The monoisotopic (exact) mass is 355 g/mol. The van der Waals surface area contributed by atoms with Crippen LogP contribution in [-0.2, 0) is 6.61 Å². The van der Waals surface area contributed by atoms with E-state index in [1.807, 2.05) is 0 Å². The van der Waals surface area contributed by atoms with Gasteiger partial charge in [-0.05, 0) is 37.5 Å². The zero-order chi connectivity index (χ0) is 17.7. The summed E-state index contributed by atoms with van der Waals surface area (Å²) in [4.78, 5) is 15.1. The summed E-state index contributed by atoms with van der Waals surface area (Å²) in [6.45, 7) is 2.02. The Balaban J connectivity index is 1.57. The van der Waals surface area contributed by atoms with Crippen LogP contribution in [0, 0.1) is 5.82 Å². The molecule has 3 aliphatic heterocycles. The summed E-state index contributed by atoms with van der Waals surface area (Å²) < 4.78 is 31.3. The van der Waals surface area contributed by atoms with Crippen molar-refractivity contribution in [3.05, 3.63) is 46.8 Å². The molecule has 0 aliphatic carbocycles. The van der Waals surface area contributed by atoms with Gasteiger partial charge >= 0.3 is 0 Å². The highest BCUT2D eigenvalue weighted by Gasteiger charge is 2.28. The summed E-state index contributed by atoms with van der Waals surface area (Å²) in [5.41, 5.74) is 1.98. The number of ether oxygens (including phenoxy) is 3. The van der Waals surface area contributed by atoms with Crippen molar-refractivity contribution < 1.29 is 23.4 Å². The first-order valence-electron chi connectivity index (χ1n) is 8.89. The first kappa shape index (κ1) is 15.5. The third kappa shape index (κ3) is 2.40. The highest BCUT2D eigenvalue weighted by Crippen LogP contribution is 2.41. The second kappa shape index (κ2) is 5.90. The average molecular weight is 355 g/mol. The smallest absolute Gasteiger partial charge is 0.231 e. The Hall–Kier alpha value is -2.76. The first-order valence-corrected chi connectivity index (χ1v) is 8.89. The van der Waals surface area contributed by atoms with Crippen molar-refractivity contribution in [2.24, 2.45) is 0 Å². The number of hydrogen-bond acceptors (Lipinski definition) is 5. The van der Waals surface area contributed by atoms with Crippen LogP contribution in [0.2, 0.25) is 0 Å². The molecule has 0 atom stereocenters. The number of hydrogen-bond donors (Lipinski definition) is 0. The van der Waals surface area contributed by atoms with Gasteiger partial charge in [0.1, 0.15) is 18.2 Å². The van der Waals surface area contributed by atoms with Crippen LogP contribution in [0.4, 0.5) is 10.1 Å². The van der Waals surface area contributed by atoms with E-state index >= 15 is 0 Å². The van der Waals surface area contributed by atoms with Gasteiger partial charge in [-0.15, -0.1) is 0 Å². The molecule has 2 aromatic rings. The van der Waals surface area contributed by atoms with Gasteiger partial charge in [-0.25, -0.2) is 4.39 Å². The van der Waals surface area contributed by atoms with E-state index in [1.165, 1.54) is 12.5 Å². The molecule has 0 unspecified atom stereocenters. The summed E-state index contributed by atoms with van der Waals surface area (Å²) in [5.74, 6) is 0.894. The molecule has 0 amide bonds. The van der Waals surface area contributed by atoms with Gasteiger partial charge in [0.15, 0.2) is 17.3 Å². The second-order valence-corrected chi connectivity index (χ2v) is 6.83. The molecule has 6 heteroatoms. The maximum Gasteiger partial charge on any atom is 0.231 e. The van der Waals surface area contributed by atoms with E-state index in [0.29, 0.717) is 39.6 Å². The topological polar surface area (TPSA) is 48.0 Å². The lowest BCUT2D eigenvalue weighted by atomic mass is 9.97. The molecule has 0 saturated carbocycles. The largest absolute Gasteiger partial charge is 0.488 e. The summed E-state index contributed by atoms with van der Waals surface area (Å²) in [6.07, 6.45) is 3.29. The van der Waals surface area contributed by atoms with E-state index < -0.39 is 0 Å². The molecular formula is C20H18FNO4. The molecule has 0 radical (unpaired) electrons. The molecule has 0 N–H and O–H groups in total. The molecule has 0 aromatic heterocycles. The van der Waals surface area contributed by atoms with Crippen molar-refractivity contribution in [3.63, 3.8) is 0 Å². The van der Waals surface area contributed by atoms with Crippen molar-refractivity contribution in [3.8, 4) is 17.2 Å². The number of piperidine rings is 1. The maximum atomic E-state index is 14.8. The highest BCUT2D eigenvalue weighted by molar-refractivity contribution is 6.12. The number of halogens is 1. The molecule has 2 aromatic carbocycles. The lowest BCUT2D eigenvalue weighted by Gasteiger charge is -2.29. The highest BCUT2D eigenvalue weighted by atomic mass is 19.1. The summed E-state index contributed by atoms with van der Waals surface area (Å²) in [6, 6.07) is 6.40. The third-order valence-electron chi connectivity index (χ3n) is 5.22. The van der Waals surface area contributed by atoms with Crippen LogP contribution in [0.15, 0.2) is 24.3 Å². The van der Waals surface area contributed by atoms with Crippen LogP contribution in [0.1, 0.15) is 40.7 Å². The number of carbonyl (C=O) groups excluding carboxylic acids is 1. The maximum absolute atomic E-state index is 14.8.